The lowest BCUT2D eigenvalue weighted by Crippen LogP contribution is -2.20. The zero-order chi connectivity index (χ0) is 18.6. The number of thiazole rings is 1. The highest BCUT2D eigenvalue weighted by Crippen LogP contribution is 2.24. The van der Waals surface area contributed by atoms with Gasteiger partial charge < -0.3 is 10.1 Å². The van der Waals surface area contributed by atoms with Gasteiger partial charge in [0, 0.05) is 16.6 Å². The van der Waals surface area contributed by atoms with Crippen molar-refractivity contribution in [3.63, 3.8) is 0 Å². The molecule has 0 saturated carbocycles. The maximum absolute atomic E-state index is 12.3. The molecule has 0 bridgehead atoms. The van der Waals surface area contributed by atoms with E-state index in [1.54, 1.807) is 11.3 Å². The molecule has 2 aromatic carbocycles. The molecule has 0 saturated heterocycles. The number of nitrogens with zero attached hydrogens (tertiary/aromatic N) is 3. The molecule has 27 heavy (non-hydrogen) atoms. The van der Waals surface area contributed by atoms with Crippen LogP contribution in [0.2, 0.25) is 0 Å². The Morgan fingerprint density at radius 3 is 2.89 bits per heavy atom. The summed E-state index contributed by atoms with van der Waals surface area (Å²) in [5.74, 6) is 0.131. The molecule has 0 spiro atoms. The molecule has 0 radical (unpaired) electrons. The second-order valence-electron chi connectivity index (χ2n) is 5.87. The van der Waals surface area contributed by atoms with Crippen LogP contribution in [0, 0.1) is 6.92 Å². The molecule has 1 amide bonds. The number of aromatic nitrogens is 3. The summed E-state index contributed by atoms with van der Waals surface area (Å²) in [6.07, 6.45) is 1.43. The quantitative estimate of drug-likeness (QED) is 0.568. The summed E-state index contributed by atoms with van der Waals surface area (Å²) in [5, 5.41) is 6.62. The first-order valence-corrected chi connectivity index (χ1v) is 9.22. The minimum absolute atomic E-state index is 0.138. The average Bonchev–Trinajstić information content (AvgIpc) is 3.13. The van der Waals surface area contributed by atoms with E-state index in [2.05, 4.69) is 20.3 Å². The van der Waals surface area contributed by atoms with Crippen molar-refractivity contribution in [2.24, 2.45) is 0 Å². The van der Waals surface area contributed by atoms with E-state index in [0.29, 0.717) is 11.6 Å². The van der Waals surface area contributed by atoms with Gasteiger partial charge in [-0.05, 0) is 31.2 Å². The van der Waals surface area contributed by atoms with Crippen LogP contribution in [0.4, 0.5) is 5.69 Å². The molecule has 2 aromatic heterocycles. The van der Waals surface area contributed by atoms with Gasteiger partial charge in [-0.25, -0.2) is 15.0 Å². The van der Waals surface area contributed by atoms with E-state index in [4.69, 9.17) is 4.74 Å². The molecule has 1 N–H and O–H groups in total. The molecule has 0 fully saturated rings. The van der Waals surface area contributed by atoms with Crippen molar-refractivity contribution in [3.8, 4) is 17.1 Å². The third-order valence-electron chi connectivity index (χ3n) is 3.91. The van der Waals surface area contributed by atoms with E-state index in [1.165, 1.54) is 6.33 Å². The number of nitrogens with one attached hydrogen (secondary N) is 1. The van der Waals surface area contributed by atoms with Gasteiger partial charge in [-0.2, -0.15) is 0 Å². The highest BCUT2D eigenvalue weighted by atomic mass is 32.1. The van der Waals surface area contributed by atoms with E-state index in [1.807, 2.05) is 60.8 Å². The Labute approximate surface area is 159 Å². The fourth-order valence-electron chi connectivity index (χ4n) is 2.68. The van der Waals surface area contributed by atoms with Crippen LogP contribution < -0.4 is 10.1 Å². The fraction of sp³-hybridized carbons (Fsp3) is 0.100. The molecular weight excluding hydrogens is 360 g/mol. The SMILES string of the molecule is Cc1nc(-c2cccc(NC(=O)COc3ncnc4ccccc34)c2)cs1. The molecule has 134 valence electrons. The smallest absolute Gasteiger partial charge is 0.262 e. The largest absolute Gasteiger partial charge is 0.467 e. The Morgan fingerprint density at radius 1 is 1.15 bits per heavy atom. The highest BCUT2D eigenvalue weighted by Gasteiger charge is 2.09. The van der Waals surface area contributed by atoms with E-state index >= 15 is 0 Å². The Kier molecular flexibility index (Phi) is 4.76. The molecule has 0 unspecified atom stereocenters. The van der Waals surface area contributed by atoms with Gasteiger partial charge in [0.05, 0.1) is 21.6 Å². The first-order chi connectivity index (χ1) is 13.2. The summed E-state index contributed by atoms with van der Waals surface area (Å²) in [7, 11) is 0. The molecule has 0 aliphatic heterocycles. The first kappa shape index (κ1) is 17.1. The number of rotatable bonds is 5. The van der Waals surface area contributed by atoms with Crippen molar-refractivity contribution in [2.45, 2.75) is 6.92 Å². The Hall–Kier alpha value is -3.32. The molecule has 0 atom stereocenters. The van der Waals surface area contributed by atoms with E-state index in [0.717, 1.165) is 27.2 Å². The number of hydrogen-bond acceptors (Lipinski definition) is 6. The average molecular weight is 376 g/mol. The lowest BCUT2D eigenvalue weighted by molar-refractivity contribution is -0.118. The Balaban J connectivity index is 1.44. The molecule has 4 rings (SSSR count). The van der Waals surface area contributed by atoms with Gasteiger partial charge >= 0.3 is 0 Å². The third-order valence-corrected chi connectivity index (χ3v) is 4.68. The standard InChI is InChI=1S/C20H16N4O2S/c1-13-23-18(11-27-13)14-5-4-6-15(9-14)24-19(25)10-26-20-16-7-2-3-8-17(16)21-12-22-20/h2-9,11-12H,10H2,1H3,(H,24,25). The van der Waals surface area contributed by atoms with Crippen LogP contribution in [0.15, 0.2) is 60.2 Å². The predicted octanol–water partition coefficient (Wildman–Crippen LogP) is 4.08. The van der Waals surface area contributed by atoms with Crippen molar-refractivity contribution in [1.29, 1.82) is 0 Å². The fourth-order valence-corrected chi connectivity index (χ4v) is 3.30. The van der Waals surface area contributed by atoms with Crippen LogP contribution in [-0.2, 0) is 4.79 Å². The number of anilines is 1. The van der Waals surface area contributed by atoms with Crippen LogP contribution in [0.5, 0.6) is 5.88 Å². The summed E-state index contributed by atoms with van der Waals surface area (Å²) < 4.78 is 5.60. The number of hydrogen-bond donors (Lipinski definition) is 1. The summed E-state index contributed by atoms with van der Waals surface area (Å²) in [4.78, 5) is 25.1. The minimum atomic E-state index is -0.260. The summed E-state index contributed by atoms with van der Waals surface area (Å²) >= 11 is 1.60. The topological polar surface area (TPSA) is 77.0 Å². The van der Waals surface area contributed by atoms with Crippen LogP contribution >= 0.6 is 11.3 Å². The number of aryl methyl sites for hydroxylation is 1. The maximum atomic E-state index is 12.3. The van der Waals surface area contributed by atoms with Gasteiger partial charge in [0.25, 0.3) is 5.91 Å². The molecule has 4 aromatic rings. The van der Waals surface area contributed by atoms with Crippen molar-refractivity contribution >= 4 is 33.8 Å². The normalized spacial score (nSPS) is 10.7. The van der Waals surface area contributed by atoms with Gasteiger partial charge in [0.1, 0.15) is 6.33 Å². The zero-order valence-electron chi connectivity index (χ0n) is 14.5. The molecule has 0 aliphatic carbocycles. The van der Waals surface area contributed by atoms with Crippen molar-refractivity contribution in [1.82, 2.24) is 15.0 Å². The number of carbonyl (C=O) groups is 1. The molecule has 2 heterocycles. The van der Waals surface area contributed by atoms with Gasteiger partial charge in [-0.3, -0.25) is 4.79 Å². The predicted molar refractivity (Wildman–Crippen MR) is 106 cm³/mol. The van der Waals surface area contributed by atoms with E-state index < -0.39 is 0 Å². The molecule has 6 nitrogen and oxygen atoms in total. The number of para-hydroxylation sites is 1. The van der Waals surface area contributed by atoms with Crippen LogP contribution in [-0.4, -0.2) is 27.5 Å². The number of ether oxygens (including phenoxy) is 1. The van der Waals surface area contributed by atoms with Crippen molar-refractivity contribution in [2.75, 3.05) is 11.9 Å². The molecule has 7 heteroatoms. The lowest BCUT2D eigenvalue weighted by Gasteiger charge is -2.09. The second-order valence-corrected chi connectivity index (χ2v) is 6.93. The van der Waals surface area contributed by atoms with Gasteiger partial charge in [0.15, 0.2) is 6.61 Å². The monoisotopic (exact) mass is 376 g/mol. The number of benzene rings is 2. The van der Waals surface area contributed by atoms with E-state index in [-0.39, 0.29) is 12.5 Å². The van der Waals surface area contributed by atoms with Crippen LogP contribution in [0.25, 0.3) is 22.2 Å². The number of amides is 1. The minimum Gasteiger partial charge on any atom is -0.467 e. The second kappa shape index (κ2) is 7.51. The lowest BCUT2D eigenvalue weighted by atomic mass is 10.1. The van der Waals surface area contributed by atoms with Crippen LogP contribution in [0.1, 0.15) is 5.01 Å². The highest BCUT2D eigenvalue weighted by molar-refractivity contribution is 7.09. The maximum Gasteiger partial charge on any atom is 0.262 e. The van der Waals surface area contributed by atoms with Gasteiger partial charge in [-0.1, -0.05) is 24.3 Å². The Morgan fingerprint density at radius 2 is 2.04 bits per heavy atom. The number of carbonyl (C=O) groups excluding carboxylic acids is 1. The van der Waals surface area contributed by atoms with Crippen molar-refractivity contribution < 1.29 is 9.53 Å². The molecular formula is C20H16N4O2S. The summed E-state index contributed by atoms with van der Waals surface area (Å²) in [6, 6.07) is 15.1. The zero-order valence-corrected chi connectivity index (χ0v) is 15.4. The van der Waals surface area contributed by atoms with Gasteiger partial charge in [-0.15, -0.1) is 11.3 Å². The van der Waals surface area contributed by atoms with E-state index in [9.17, 15) is 4.79 Å². The third kappa shape index (κ3) is 3.93. The summed E-state index contributed by atoms with van der Waals surface area (Å²) in [5.41, 5.74) is 3.32. The van der Waals surface area contributed by atoms with Crippen molar-refractivity contribution in [3.05, 3.63) is 65.2 Å². The Bertz CT molecular complexity index is 1100. The van der Waals surface area contributed by atoms with Crippen LogP contribution in [0.3, 0.4) is 0 Å². The molecule has 0 aliphatic rings. The number of fused-ring (bicyclic) bond motifs is 1. The van der Waals surface area contributed by atoms with Gasteiger partial charge in [0.2, 0.25) is 5.88 Å². The summed E-state index contributed by atoms with van der Waals surface area (Å²) in [6.45, 7) is 1.83. The first-order valence-electron chi connectivity index (χ1n) is 8.34.